The van der Waals surface area contributed by atoms with Crippen molar-refractivity contribution in [3.8, 4) is 0 Å². The predicted molar refractivity (Wildman–Crippen MR) is 99.6 cm³/mol. The Morgan fingerprint density at radius 3 is 2.31 bits per heavy atom. The zero-order valence-corrected chi connectivity index (χ0v) is 16.6. The maximum absolute atomic E-state index is 10.2. The second-order valence-electron chi connectivity index (χ2n) is 7.50. The van der Waals surface area contributed by atoms with Crippen molar-refractivity contribution in [3.63, 3.8) is 0 Å². The van der Waals surface area contributed by atoms with Crippen LogP contribution in [-0.2, 0) is 18.9 Å². The Bertz CT molecular complexity index is 492. The zero-order valence-electron chi connectivity index (χ0n) is 16.6. The standard InChI is InChI=1S/C19H34O10/c1-3-5-6-7-10(4-2)28-19-17(25)15(23)14(22)12(29-19)9-27-18-16(24)13(21)11(20)8-26-18/h4,10-25H,2-3,5-9H2,1H3/t10-,11+,12+,13-,14+,15-,16+,17+,18-,19+/m0/s1. The molecule has 2 rings (SSSR count). The summed E-state index contributed by atoms with van der Waals surface area (Å²) in [4.78, 5) is 0. The third kappa shape index (κ3) is 6.41. The van der Waals surface area contributed by atoms with E-state index in [1.54, 1.807) is 6.08 Å². The van der Waals surface area contributed by atoms with Crippen LogP contribution in [0.2, 0.25) is 0 Å². The summed E-state index contributed by atoms with van der Waals surface area (Å²) in [5.74, 6) is 0. The van der Waals surface area contributed by atoms with Crippen molar-refractivity contribution in [3.05, 3.63) is 12.7 Å². The van der Waals surface area contributed by atoms with Gasteiger partial charge in [-0.3, -0.25) is 0 Å². The number of unbranched alkanes of at least 4 members (excludes halogenated alkanes) is 2. The van der Waals surface area contributed by atoms with Crippen LogP contribution in [0.1, 0.15) is 32.6 Å². The lowest BCUT2D eigenvalue weighted by Gasteiger charge is -2.42. The van der Waals surface area contributed by atoms with Crippen LogP contribution in [0.3, 0.4) is 0 Å². The van der Waals surface area contributed by atoms with Gasteiger partial charge in [0.2, 0.25) is 0 Å². The van der Waals surface area contributed by atoms with Gasteiger partial charge in [0, 0.05) is 0 Å². The van der Waals surface area contributed by atoms with Crippen LogP contribution in [0.4, 0.5) is 0 Å². The molecule has 2 heterocycles. The topological polar surface area (TPSA) is 158 Å². The van der Waals surface area contributed by atoms with Crippen molar-refractivity contribution < 1.29 is 49.6 Å². The molecule has 170 valence electrons. The first-order chi connectivity index (χ1) is 13.8. The number of aliphatic hydroxyl groups is 6. The van der Waals surface area contributed by atoms with Crippen LogP contribution in [0.5, 0.6) is 0 Å². The molecule has 0 aromatic carbocycles. The van der Waals surface area contributed by atoms with Gasteiger partial charge in [-0.05, 0) is 6.42 Å². The van der Waals surface area contributed by atoms with E-state index in [0.717, 1.165) is 19.3 Å². The SMILES string of the molecule is C=C[C@@H](CCCCC)O[C@@H]1O[C@H](CO[C@@H]2OC[C@@H](O)[C@H](O)[C@H]2O)[C@@H](O)[C@H](O)[C@H]1O. The molecule has 0 spiro atoms. The Morgan fingerprint density at radius 2 is 1.66 bits per heavy atom. The van der Waals surface area contributed by atoms with E-state index in [9.17, 15) is 30.6 Å². The maximum atomic E-state index is 10.2. The van der Waals surface area contributed by atoms with Crippen LogP contribution in [-0.4, -0.2) is 105 Å². The Hall–Kier alpha value is -0.660. The first kappa shape index (κ1) is 24.6. The summed E-state index contributed by atoms with van der Waals surface area (Å²) in [6, 6.07) is 0. The number of rotatable bonds is 10. The summed E-state index contributed by atoms with van der Waals surface area (Å²) < 4.78 is 21.8. The van der Waals surface area contributed by atoms with Crippen LogP contribution < -0.4 is 0 Å². The lowest BCUT2D eigenvalue weighted by atomic mass is 9.99. The van der Waals surface area contributed by atoms with Gasteiger partial charge in [0.15, 0.2) is 12.6 Å². The minimum absolute atomic E-state index is 0.233. The Kier molecular flexibility index (Phi) is 9.89. The molecule has 0 aromatic rings. The van der Waals surface area contributed by atoms with Crippen molar-refractivity contribution >= 4 is 0 Å². The second-order valence-corrected chi connectivity index (χ2v) is 7.50. The zero-order chi connectivity index (χ0) is 21.6. The molecule has 0 radical (unpaired) electrons. The molecule has 2 aliphatic rings. The summed E-state index contributed by atoms with van der Waals surface area (Å²) >= 11 is 0. The quantitative estimate of drug-likeness (QED) is 0.179. The summed E-state index contributed by atoms with van der Waals surface area (Å²) in [5, 5.41) is 59.6. The molecular weight excluding hydrogens is 388 g/mol. The smallest absolute Gasteiger partial charge is 0.187 e. The number of hydrogen-bond acceptors (Lipinski definition) is 10. The Balaban J connectivity index is 1.93. The average molecular weight is 422 g/mol. The summed E-state index contributed by atoms with van der Waals surface area (Å²) in [6.07, 6.45) is -7.36. The molecule has 0 saturated carbocycles. The van der Waals surface area contributed by atoms with Crippen molar-refractivity contribution in [2.45, 2.75) is 94.0 Å². The summed E-state index contributed by atoms with van der Waals surface area (Å²) in [5.41, 5.74) is 0. The molecular formula is C19H34O10. The largest absolute Gasteiger partial charge is 0.388 e. The minimum Gasteiger partial charge on any atom is -0.388 e. The molecule has 2 fully saturated rings. The van der Waals surface area contributed by atoms with Crippen molar-refractivity contribution in [2.75, 3.05) is 13.2 Å². The normalized spacial score (nSPS) is 41.8. The minimum atomic E-state index is -1.53. The molecule has 0 amide bonds. The molecule has 2 saturated heterocycles. The molecule has 29 heavy (non-hydrogen) atoms. The van der Waals surface area contributed by atoms with Gasteiger partial charge in [0.1, 0.15) is 42.7 Å². The van der Waals surface area contributed by atoms with Gasteiger partial charge in [0.05, 0.1) is 19.3 Å². The van der Waals surface area contributed by atoms with Gasteiger partial charge in [-0.15, -0.1) is 6.58 Å². The van der Waals surface area contributed by atoms with Crippen LogP contribution in [0.15, 0.2) is 12.7 Å². The first-order valence-corrected chi connectivity index (χ1v) is 10.0. The van der Waals surface area contributed by atoms with E-state index in [0.29, 0.717) is 6.42 Å². The van der Waals surface area contributed by atoms with Gasteiger partial charge in [0.25, 0.3) is 0 Å². The van der Waals surface area contributed by atoms with E-state index in [2.05, 4.69) is 13.5 Å². The molecule has 6 N–H and O–H groups in total. The highest BCUT2D eigenvalue weighted by Gasteiger charge is 2.46. The molecule has 10 atom stereocenters. The Morgan fingerprint density at radius 1 is 0.966 bits per heavy atom. The van der Waals surface area contributed by atoms with Crippen molar-refractivity contribution in [1.29, 1.82) is 0 Å². The molecule has 0 bridgehead atoms. The maximum Gasteiger partial charge on any atom is 0.187 e. The molecule has 2 aliphatic heterocycles. The number of aliphatic hydroxyl groups excluding tert-OH is 6. The van der Waals surface area contributed by atoms with E-state index in [4.69, 9.17) is 18.9 Å². The van der Waals surface area contributed by atoms with E-state index in [1.807, 2.05) is 0 Å². The van der Waals surface area contributed by atoms with E-state index in [-0.39, 0.29) is 13.2 Å². The lowest BCUT2D eigenvalue weighted by Crippen LogP contribution is -2.60. The van der Waals surface area contributed by atoms with Crippen LogP contribution in [0.25, 0.3) is 0 Å². The third-order valence-corrected chi connectivity index (χ3v) is 5.21. The van der Waals surface area contributed by atoms with Crippen molar-refractivity contribution in [1.82, 2.24) is 0 Å². The van der Waals surface area contributed by atoms with Gasteiger partial charge in [-0.1, -0.05) is 32.3 Å². The third-order valence-electron chi connectivity index (χ3n) is 5.21. The van der Waals surface area contributed by atoms with E-state index < -0.39 is 61.4 Å². The predicted octanol–water partition coefficient (Wildman–Crippen LogP) is -1.60. The fourth-order valence-electron chi connectivity index (χ4n) is 3.29. The highest BCUT2D eigenvalue weighted by atomic mass is 16.7. The monoisotopic (exact) mass is 422 g/mol. The van der Waals surface area contributed by atoms with E-state index >= 15 is 0 Å². The molecule has 0 unspecified atom stereocenters. The van der Waals surface area contributed by atoms with Crippen LogP contribution in [0, 0.1) is 0 Å². The van der Waals surface area contributed by atoms with Gasteiger partial charge >= 0.3 is 0 Å². The number of ether oxygens (including phenoxy) is 4. The Labute approximate surface area is 170 Å². The second kappa shape index (κ2) is 11.7. The van der Waals surface area contributed by atoms with Gasteiger partial charge in [-0.2, -0.15) is 0 Å². The molecule has 0 aliphatic carbocycles. The van der Waals surface area contributed by atoms with Gasteiger partial charge in [-0.25, -0.2) is 0 Å². The van der Waals surface area contributed by atoms with Crippen molar-refractivity contribution in [2.24, 2.45) is 0 Å². The highest BCUT2D eigenvalue weighted by molar-refractivity contribution is 4.91. The average Bonchev–Trinajstić information content (AvgIpc) is 2.71. The fraction of sp³-hybridized carbons (Fsp3) is 0.895. The molecule has 10 nitrogen and oxygen atoms in total. The molecule has 10 heteroatoms. The molecule has 0 aromatic heterocycles. The summed E-state index contributed by atoms with van der Waals surface area (Å²) in [7, 11) is 0. The fourth-order valence-corrected chi connectivity index (χ4v) is 3.29. The van der Waals surface area contributed by atoms with Gasteiger partial charge < -0.3 is 49.6 Å². The van der Waals surface area contributed by atoms with E-state index in [1.165, 1.54) is 0 Å². The highest BCUT2D eigenvalue weighted by Crippen LogP contribution is 2.26. The first-order valence-electron chi connectivity index (χ1n) is 10.0. The lowest BCUT2D eigenvalue weighted by molar-refractivity contribution is -0.325. The summed E-state index contributed by atoms with van der Waals surface area (Å²) in [6.45, 7) is 5.24. The number of hydrogen-bond donors (Lipinski definition) is 6. The van der Waals surface area contributed by atoms with Crippen LogP contribution >= 0.6 is 0 Å².